The molecule has 0 fully saturated rings. The van der Waals surface area contributed by atoms with Crippen molar-refractivity contribution >= 4 is 90.7 Å². The van der Waals surface area contributed by atoms with Crippen molar-refractivity contribution in [1.29, 1.82) is 0 Å². The van der Waals surface area contributed by atoms with Crippen LogP contribution in [0.1, 0.15) is 332 Å². The Balaban J connectivity index is 0.000000547. The van der Waals surface area contributed by atoms with Crippen LogP contribution in [-0.4, -0.2) is 74.8 Å². The van der Waals surface area contributed by atoms with Gasteiger partial charge in [0, 0.05) is 0 Å². The van der Waals surface area contributed by atoms with Gasteiger partial charge in [0.25, 0.3) is 0 Å². The summed E-state index contributed by atoms with van der Waals surface area (Å²) in [6.07, 6.45) is 61.6. The van der Waals surface area contributed by atoms with E-state index in [9.17, 15) is 25.9 Å². The van der Waals surface area contributed by atoms with E-state index in [-0.39, 0.29) is 58.7 Å². The average molecular weight is 1280 g/mol. The molecule has 0 saturated heterocycles. The van der Waals surface area contributed by atoms with E-state index in [1.54, 1.807) is 12.1 Å². The molecule has 0 N–H and O–H groups in total. The number of hydrogen-bond acceptors (Lipinski definition) is 6. The Bertz CT molecular complexity index is 2230. The van der Waals surface area contributed by atoms with Gasteiger partial charge in [-0.05, 0) is 119 Å². The van der Waals surface area contributed by atoms with E-state index in [4.69, 9.17) is 0 Å². The molecule has 456 valence electrons. The first kappa shape index (κ1) is 75.9. The molecule has 0 aliphatic rings. The van der Waals surface area contributed by atoms with E-state index in [0.29, 0.717) is 10.8 Å². The van der Waals surface area contributed by atoms with Crippen LogP contribution in [0, 0.1) is 0 Å². The molecule has 0 saturated carbocycles. The second-order valence-corrected chi connectivity index (χ2v) is 27.0. The van der Waals surface area contributed by atoms with Crippen molar-refractivity contribution in [3.05, 3.63) is 82.9 Å². The molecule has 0 amide bonds. The normalized spacial score (nSPS) is 11.8. The summed E-state index contributed by atoms with van der Waals surface area (Å²) in [4.78, 5) is -0.128. The van der Waals surface area contributed by atoms with Gasteiger partial charge in [0.1, 0.15) is 20.2 Å². The standard InChI is InChI=1S/2C36H60O3S.Ba/c2*1-3-5-7-9-11-13-15-17-19-21-23-26-32-30-33(27-24-22-20-18-16-14-12-10-8-6-4-2)34-28-25-29-36(35(34)31-32)40(37,38)39;/h2*25,28-31H,3-24,26-27H2,1-2H3,(H,37,38,39);/q;;+2/p-2. The zero-order valence-electron chi connectivity index (χ0n) is 52.7. The van der Waals surface area contributed by atoms with E-state index >= 15 is 0 Å². The van der Waals surface area contributed by atoms with Crippen LogP contribution in [0.15, 0.2) is 70.5 Å². The Morgan fingerprint density at radius 2 is 0.481 bits per heavy atom. The SMILES string of the molecule is CCCCCCCCCCCCCc1cc(CCCCCCCCCCCCC)c2cccc(S(=O)(=O)[O-])c2c1.CCCCCCCCCCCCCc1cc(CCCCCCCCCCCCC)c2cccc(S(=O)(=O)[O-])c2c1.[Ba+2]. The molecule has 0 radical (unpaired) electrons. The molecule has 0 aliphatic heterocycles. The fraction of sp³-hybridized carbons (Fsp3) is 0.722. The molecule has 0 atom stereocenters. The third kappa shape index (κ3) is 35.3. The van der Waals surface area contributed by atoms with Gasteiger partial charge in [0.15, 0.2) is 0 Å². The van der Waals surface area contributed by atoms with E-state index in [1.165, 1.54) is 291 Å². The number of fused-ring (bicyclic) bond motifs is 2. The van der Waals surface area contributed by atoms with Gasteiger partial charge < -0.3 is 9.11 Å². The third-order valence-electron chi connectivity index (χ3n) is 17.0. The van der Waals surface area contributed by atoms with Crippen molar-refractivity contribution < 1.29 is 25.9 Å². The molecular weight excluding hydrogens is 1160 g/mol. The third-order valence-corrected chi connectivity index (χ3v) is 18.8. The van der Waals surface area contributed by atoms with Gasteiger partial charge in [-0.25, -0.2) is 16.8 Å². The van der Waals surface area contributed by atoms with Gasteiger partial charge in [0.05, 0.1) is 9.79 Å². The largest absolute Gasteiger partial charge is 2.00 e. The summed E-state index contributed by atoms with van der Waals surface area (Å²) in [7, 11) is -9.01. The fourth-order valence-electron chi connectivity index (χ4n) is 12.1. The number of aryl methyl sites for hydroxylation is 4. The van der Waals surface area contributed by atoms with Gasteiger partial charge in [-0.3, -0.25) is 0 Å². The van der Waals surface area contributed by atoms with Gasteiger partial charge >= 0.3 is 48.9 Å². The average Bonchev–Trinajstić information content (AvgIpc) is 3.47. The molecule has 0 unspecified atom stereocenters. The molecular formula is C72H118BaO6S2. The van der Waals surface area contributed by atoms with E-state index < -0.39 is 20.2 Å². The van der Waals surface area contributed by atoms with Crippen molar-refractivity contribution in [2.75, 3.05) is 0 Å². The zero-order valence-corrected chi connectivity index (χ0v) is 58.8. The first-order chi connectivity index (χ1) is 38.9. The molecule has 4 rings (SSSR count). The summed E-state index contributed by atoms with van der Waals surface area (Å²) >= 11 is 0. The monoisotopic (exact) mass is 1280 g/mol. The van der Waals surface area contributed by atoms with Crippen LogP contribution in [-0.2, 0) is 45.9 Å². The molecule has 4 aromatic rings. The first-order valence-electron chi connectivity index (χ1n) is 33.9. The second-order valence-electron chi connectivity index (χ2n) is 24.3. The minimum absolute atomic E-state index is 0. The van der Waals surface area contributed by atoms with E-state index in [2.05, 4.69) is 39.8 Å². The summed E-state index contributed by atoms with van der Waals surface area (Å²) in [5.74, 6) is 0. The quantitative estimate of drug-likeness (QED) is 0.0247. The summed E-state index contributed by atoms with van der Waals surface area (Å²) in [6, 6.07) is 18.9. The smallest absolute Gasteiger partial charge is 0.744 e. The van der Waals surface area contributed by atoms with Gasteiger partial charge in [0.2, 0.25) is 0 Å². The molecule has 0 bridgehead atoms. The number of benzene rings is 4. The number of unbranched alkanes of at least 4 members (excludes halogenated alkanes) is 40. The maximum absolute atomic E-state index is 12.0. The molecule has 4 aromatic carbocycles. The van der Waals surface area contributed by atoms with Crippen LogP contribution in [0.3, 0.4) is 0 Å². The van der Waals surface area contributed by atoms with Crippen LogP contribution in [0.25, 0.3) is 21.5 Å². The van der Waals surface area contributed by atoms with Crippen molar-refractivity contribution in [2.45, 2.75) is 346 Å². The molecule has 9 heteroatoms. The topological polar surface area (TPSA) is 114 Å². The number of hydrogen-bond donors (Lipinski definition) is 0. The van der Waals surface area contributed by atoms with Crippen molar-refractivity contribution in [1.82, 2.24) is 0 Å². The Labute approximate surface area is 540 Å². The molecule has 0 spiro atoms. The molecule has 0 aromatic heterocycles. The number of rotatable bonds is 50. The zero-order chi connectivity index (χ0) is 57.8. The summed E-state index contributed by atoms with van der Waals surface area (Å²) in [5, 5.41) is 3.12. The van der Waals surface area contributed by atoms with E-state index in [0.717, 1.165) is 62.1 Å². The predicted octanol–water partition coefficient (Wildman–Crippen LogP) is 22.5. The summed E-state index contributed by atoms with van der Waals surface area (Å²) in [6.45, 7) is 9.07. The van der Waals surface area contributed by atoms with Gasteiger partial charge in [-0.2, -0.15) is 0 Å². The van der Waals surface area contributed by atoms with Gasteiger partial charge in [-0.1, -0.05) is 321 Å². The van der Waals surface area contributed by atoms with Crippen molar-refractivity contribution in [3.63, 3.8) is 0 Å². The predicted molar refractivity (Wildman–Crippen MR) is 350 cm³/mol. The van der Waals surface area contributed by atoms with Crippen molar-refractivity contribution in [3.8, 4) is 0 Å². The maximum atomic E-state index is 12.0. The van der Waals surface area contributed by atoms with Crippen LogP contribution in [0.5, 0.6) is 0 Å². The van der Waals surface area contributed by atoms with Gasteiger partial charge in [-0.15, -0.1) is 0 Å². The van der Waals surface area contributed by atoms with E-state index in [1.807, 2.05) is 24.3 Å². The minimum atomic E-state index is -4.50. The summed E-state index contributed by atoms with van der Waals surface area (Å²) in [5.41, 5.74) is 4.77. The maximum Gasteiger partial charge on any atom is 2.00 e. The Morgan fingerprint density at radius 1 is 0.272 bits per heavy atom. The minimum Gasteiger partial charge on any atom is -0.744 e. The summed E-state index contributed by atoms with van der Waals surface area (Å²) < 4.78 is 72.2. The second kappa shape index (κ2) is 48.9. The van der Waals surface area contributed by atoms with Crippen LogP contribution in [0.2, 0.25) is 0 Å². The fourth-order valence-corrected chi connectivity index (χ4v) is 13.5. The van der Waals surface area contributed by atoms with Crippen LogP contribution >= 0.6 is 0 Å². The molecule has 0 aliphatic carbocycles. The van der Waals surface area contributed by atoms with Crippen LogP contribution < -0.4 is 0 Å². The molecule has 0 heterocycles. The molecule has 6 nitrogen and oxygen atoms in total. The van der Waals surface area contributed by atoms with Crippen LogP contribution in [0.4, 0.5) is 0 Å². The Hall–Kier alpha value is -1.21. The Morgan fingerprint density at radius 3 is 0.704 bits per heavy atom. The first-order valence-corrected chi connectivity index (χ1v) is 36.8. The Kier molecular flexibility index (Phi) is 45.8. The molecule has 81 heavy (non-hydrogen) atoms. The van der Waals surface area contributed by atoms with Crippen molar-refractivity contribution in [2.24, 2.45) is 0 Å².